The predicted molar refractivity (Wildman–Crippen MR) is 65.9 cm³/mol. The van der Waals surface area contributed by atoms with Crippen LogP contribution < -0.4 is 10.1 Å². The van der Waals surface area contributed by atoms with Crippen LogP contribution in [0.1, 0.15) is 5.56 Å². The molecule has 18 heavy (non-hydrogen) atoms. The summed E-state index contributed by atoms with van der Waals surface area (Å²) in [5.74, 6) is -2.46. The molecule has 1 aromatic rings. The van der Waals surface area contributed by atoms with Crippen LogP contribution in [0.4, 0.5) is 8.78 Å². The zero-order valence-corrected chi connectivity index (χ0v) is 10.0. The van der Waals surface area contributed by atoms with E-state index >= 15 is 0 Å². The Hall–Kier alpha value is -1.46. The maximum absolute atomic E-state index is 12.8. The van der Waals surface area contributed by atoms with Crippen molar-refractivity contribution in [3.05, 3.63) is 42.5 Å². The van der Waals surface area contributed by atoms with Gasteiger partial charge in [0.05, 0.1) is 6.54 Å². The van der Waals surface area contributed by atoms with Crippen LogP contribution in [0.3, 0.4) is 0 Å². The second-order valence-corrected chi connectivity index (χ2v) is 3.83. The first-order chi connectivity index (χ1) is 8.59. The summed E-state index contributed by atoms with van der Waals surface area (Å²) in [5, 5.41) is 11.0. The Balaban J connectivity index is 2.53. The van der Waals surface area contributed by atoms with Crippen molar-refractivity contribution in [2.24, 2.45) is 0 Å². The Morgan fingerprint density at radius 3 is 2.78 bits per heavy atom. The standard InChI is InChI=1S/C13H17F2NO2/c1-2-7-18-12-6-4-3-5-11(12)8-16-9-13(14,15)10-17/h2-6,16-17H,1,7-10H2. The number of aliphatic hydroxyl groups is 1. The van der Waals surface area contributed by atoms with E-state index in [-0.39, 0.29) is 6.54 Å². The molecule has 0 heterocycles. The monoisotopic (exact) mass is 257 g/mol. The molecule has 1 aromatic carbocycles. The minimum atomic E-state index is -3.10. The van der Waals surface area contributed by atoms with Gasteiger partial charge >= 0.3 is 0 Å². The summed E-state index contributed by atoms with van der Waals surface area (Å²) in [6.07, 6.45) is 1.62. The average Bonchev–Trinajstić information content (AvgIpc) is 2.37. The molecule has 0 radical (unpaired) electrons. The molecule has 5 heteroatoms. The third kappa shape index (κ3) is 4.81. The molecule has 0 aliphatic rings. The Morgan fingerprint density at radius 1 is 1.39 bits per heavy atom. The number of hydrogen-bond donors (Lipinski definition) is 2. The Labute approximate surface area is 105 Å². The highest BCUT2D eigenvalue weighted by molar-refractivity contribution is 5.33. The summed E-state index contributed by atoms with van der Waals surface area (Å²) < 4.78 is 31.0. The van der Waals surface area contributed by atoms with Gasteiger partial charge in [-0.25, -0.2) is 8.78 Å². The summed E-state index contributed by atoms with van der Waals surface area (Å²) in [6.45, 7) is 2.43. The lowest BCUT2D eigenvalue weighted by molar-refractivity contribution is -0.0478. The van der Waals surface area contributed by atoms with Crippen molar-refractivity contribution in [3.63, 3.8) is 0 Å². The van der Waals surface area contributed by atoms with E-state index in [9.17, 15) is 8.78 Å². The first-order valence-electron chi connectivity index (χ1n) is 5.60. The van der Waals surface area contributed by atoms with Crippen molar-refractivity contribution in [2.75, 3.05) is 19.8 Å². The summed E-state index contributed by atoms with van der Waals surface area (Å²) in [5.41, 5.74) is 0.785. The van der Waals surface area contributed by atoms with Crippen LogP contribution in [-0.4, -0.2) is 30.8 Å². The van der Waals surface area contributed by atoms with Crippen LogP contribution >= 0.6 is 0 Å². The van der Waals surface area contributed by atoms with Crippen LogP contribution in [0, 0.1) is 0 Å². The Morgan fingerprint density at radius 2 is 2.11 bits per heavy atom. The van der Waals surface area contributed by atoms with Crippen molar-refractivity contribution < 1.29 is 18.6 Å². The van der Waals surface area contributed by atoms with E-state index < -0.39 is 19.1 Å². The number of nitrogens with one attached hydrogen (secondary N) is 1. The molecule has 0 aromatic heterocycles. The van der Waals surface area contributed by atoms with Crippen molar-refractivity contribution >= 4 is 0 Å². The third-order valence-electron chi connectivity index (χ3n) is 2.26. The molecule has 0 aliphatic carbocycles. The normalized spacial score (nSPS) is 11.3. The first kappa shape index (κ1) is 14.6. The fourth-order valence-corrected chi connectivity index (χ4v) is 1.38. The number of ether oxygens (including phenoxy) is 1. The second-order valence-electron chi connectivity index (χ2n) is 3.83. The minimum Gasteiger partial charge on any atom is -0.489 e. The van der Waals surface area contributed by atoms with E-state index in [1.807, 2.05) is 12.1 Å². The average molecular weight is 257 g/mol. The van der Waals surface area contributed by atoms with E-state index in [0.29, 0.717) is 12.4 Å². The van der Waals surface area contributed by atoms with Crippen LogP contribution in [0.5, 0.6) is 5.75 Å². The van der Waals surface area contributed by atoms with Crippen LogP contribution in [0.2, 0.25) is 0 Å². The second kappa shape index (κ2) is 7.08. The molecule has 0 spiro atoms. The van der Waals surface area contributed by atoms with Gasteiger partial charge in [0.25, 0.3) is 5.92 Å². The summed E-state index contributed by atoms with van der Waals surface area (Å²) in [4.78, 5) is 0. The molecule has 0 amide bonds. The molecular formula is C13H17F2NO2. The number of benzene rings is 1. The SMILES string of the molecule is C=CCOc1ccccc1CNCC(F)(F)CO. The number of alkyl halides is 2. The number of hydrogen-bond acceptors (Lipinski definition) is 3. The Kier molecular flexibility index (Phi) is 5.74. The first-order valence-corrected chi connectivity index (χ1v) is 5.60. The van der Waals surface area contributed by atoms with Gasteiger partial charge in [-0.05, 0) is 6.07 Å². The van der Waals surface area contributed by atoms with E-state index in [2.05, 4.69) is 11.9 Å². The molecule has 0 aliphatic heterocycles. The zero-order valence-electron chi connectivity index (χ0n) is 10.0. The number of rotatable bonds is 8. The fourth-order valence-electron chi connectivity index (χ4n) is 1.38. The molecule has 2 N–H and O–H groups in total. The van der Waals surface area contributed by atoms with Gasteiger partial charge in [0.1, 0.15) is 19.0 Å². The van der Waals surface area contributed by atoms with Crippen LogP contribution in [0.25, 0.3) is 0 Å². The lowest BCUT2D eigenvalue weighted by Crippen LogP contribution is -2.35. The quantitative estimate of drug-likeness (QED) is 0.700. The topological polar surface area (TPSA) is 41.5 Å². The molecule has 0 atom stereocenters. The number of halogens is 2. The van der Waals surface area contributed by atoms with Gasteiger partial charge in [0.2, 0.25) is 0 Å². The summed E-state index contributed by atoms with van der Waals surface area (Å²) >= 11 is 0. The molecule has 100 valence electrons. The van der Waals surface area contributed by atoms with Gasteiger partial charge < -0.3 is 15.2 Å². The lowest BCUT2D eigenvalue weighted by atomic mass is 10.2. The maximum atomic E-state index is 12.8. The molecule has 3 nitrogen and oxygen atoms in total. The molecule has 1 rings (SSSR count). The lowest BCUT2D eigenvalue weighted by Gasteiger charge is -2.15. The van der Waals surface area contributed by atoms with Crippen molar-refractivity contribution in [1.82, 2.24) is 5.32 Å². The highest BCUT2D eigenvalue weighted by atomic mass is 19.3. The highest BCUT2D eigenvalue weighted by Crippen LogP contribution is 2.18. The third-order valence-corrected chi connectivity index (χ3v) is 2.26. The van der Waals surface area contributed by atoms with Gasteiger partial charge in [0, 0.05) is 12.1 Å². The highest BCUT2D eigenvalue weighted by Gasteiger charge is 2.26. The van der Waals surface area contributed by atoms with Gasteiger partial charge in [-0.15, -0.1) is 0 Å². The van der Waals surface area contributed by atoms with Crippen molar-refractivity contribution in [1.29, 1.82) is 0 Å². The van der Waals surface area contributed by atoms with Crippen molar-refractivity contribution in [2.45, 2.75) is 12.5 Å². The van der Waals surface area contributed by atoms with E-state index in [4.69, 9.17) is 9.84 Å². The number of aliphatic hydroxyl groups excluding tert-OH is 1. The molecule has 0 saturated heterocycles. The smallest absolute Gasteiger partial charge is 0.282 e. The van der Waals surface area contributed by atoms with Gasteiger partial charge in [-0.3, -0.25) is 0 Å². The van der Waals surface area contributed by atoms with Gasteiger partial charge in [0.15, 0.2) is 0 Å². The fraction of sp³-hybridized carbons (Fsp3) is 0.385. The molecule has 0 unspecified atom stereocenters. The van der Waals surface area contributed by atoms with Crippen LogP contribution in [-0.2, 0) is 6.54 Å². The zero-order chi connectivity index (χ0) is 13.4. The number of para-hydroxylation sites is 1. The minimum absolute atomic E-state index is 0.253. The predicted octanol–water partition coefficient (Wildman–Crippen LogP) is 1.97. The maximum Gasteiger partial charge on any atom is 0.282 e. The molecule has 0 saturated carbocycles. The Bertz CT molecular complexity index is 383. The largest absolute Gasteiger partial charge is 0.489 e. The summed E-state index contributed by atoms with van der Waals surface area (Å²) in [7, 11) is 0. The molecule has 0 fully saturated rings. The summed E-state index contributed by atoms with van der Waals surface area (Å²) in [6, 6.07) is 7.18. The van der Waals surface area contributed by atoms with E-state index in [1.165, 1.54) is 0 Å². The van der Waals surface area contributed by atoms with Gasteiger partial charge in [-0.1, -0.05) is 30.9 Å². The van der Waals surface area contributed by atoms with E-state index in [0.717, 1.165) is 5.56 Å². The van der Waals surface area contributed by atoms with Gasteiger partial charge in [-0.2, -0.15) is 0 Å². The van der Waals surface area contributed by atoms with E-state index in [1.54, 1.807) is 18.2 Å². The molecule has 0 bridgehead atoms. The van der Waals surface area contributed by atoms with Crippen molar-refractivity contribution in [3.8, 4) is 5.75 Å². The van der Waals surface area contributed by atoms with Crippen LogP contribution in [0.15, 0.2) is 36.9 Å². The molecular weight excluding hydrogens is 240 g/mol.